The van der Waals surface area contributed by atoms with Gasteiger partial charge in [-0.15, -0.1) is 0 Å². The minimum absolute atomic E-state index is 0.215. The first-order chi connectivity index (χ1) is 8.11. The molecule has 0 unspecified atom stereocenters. The third-order valence-electron chi connectivity index (χ3n) is 2.73. The van der Waals surface area contributed by atoms with Gasteiger partial charge in [0.25, 0.3) is 0 Å². The van der Waals surface area contributed by atoms with Gasteiger partial charge in [-0.2, -0.15) is 0 Å². The van der Waals surface area contributed by atoms with Gasteiger partial charge >= 0.3 is 0 Å². The van der Waals surface area contributed by atoms with E-state index in [0.29, 0.717) is 5.41 Å². The molecule has 0 bridgehead atoms. The topological polar surface area (TPSA) is 35.2 Å². The molecule has 0 aliphatic carbocycles. The van der Waals surface area contributed by atoms with E-state index in [0.717, 1.165) is 18.6 Å². The van der Waals surface area contributed by atoms with Crippen LogP contribution in [0.5, 0.6) is 5.75 Å². The third kappa shape index (κ3) is 5.09. The Morgan fingerprint density at radius 1 is 1.06 bits per heavy atom. The molecule has 1 aromatic rings. The van der Waals surface area contributed by atoms with Gasteiger partial charge in [-0.1, -0.05) is 32.9 Å². The summed E-state index contributed by atoms with van der Waals surface area (Å²) in [6.07, 6.45) is 1.89. The number of hydrogen-bond donors (Lipinski definition) is 1. The van der Waals surface area contributed by atoms with E-state index in [2.05, 4.69) is 39.0 Å². The van der Waals surface area contributed by atoms with E-state index in [1.165, 1.54) is 11.1 Å². The van der Waals surface area contributed by atoms with Crippen LogP contribution < -0.4 is 10.5 Å². The molecule has 0 aliphatic heterocycles. The molecular weight excluding hydrogens is 222 g/mol. The largest absolute Gasteiger partial charge is 0.496 e. The SMILES string of the molecule is COc1ccc(CC(C)(C)C)cc1CC(C)(C)N. The number of ether oxygens (including phenoxy) is 1. The van der Waals surface area contributed by atoms with Crippen molar-refractivity contribution < 1.29 is 4.74 Å². The molecule has 0 saturated heterocycles. The lowest BCUT2D eigenvalue weighted by atomic mass is 9.86. The molecule has 0 aliphatic rings. The lowest BCUT2D eigenvalue weighted by Gasteiger charge is -2.22. The minimum atomic E-state index is -0.215. The standard InChI is InChI=1S/C16H27NO/c1-15(2,3)10-12-7-8-14(18-6)13(9-12)11-16(4,5)17/h7-9H,10-11,17H2,1-6H3. The highest BCUT2D eigenvalue weighted by Gasteiger charge is 2.17. The molecule has 1 aromatic carbocycles. The lowest BCUT2D eigenvalue weighted by molar-refractivity contribution is 0.397. The molecule has 0 saturated carbocycles. The van der Waals surface area contributed by atoms with Crippen LogP contribution in [-0.2, 0) is 12.8 Å². The van der Waals surface area contributed by atoms with Crippen LogP contribution in [0.15, 0.2) is 18.2 Å². The number of rotatable bonds is 4. The second-order valence-corrected chi connectivity index (χ2v) is 7.05. The molecular formula is C16H27NO. The second kappa shape index (κ2) is 5.31. The smallest absolute Gasteiger partial charge is 0.122 e. The fraction of sp³-hybridized carbons (Fsp3) is 0.625. The average Bonchev–Trinajstić information content (AvgIpc) is 2.12. The predicted molar refractivity (Wildman–Crippen MR) is 78.1 cm³/mol. The summed E-state index contributed by atoms with van der Waals surface area (Å²) in [5.41, 5.74) is 8.74. The molecule has 18 heavy (non-hydrogen) atoms. The zero-order chi connectivity index (χ0) is 14.0. The van der Waals surface area contributed by atoms with Gasteiger partial charge in [0.05, 0.1) is 7.11 Å². The fourth-order valence-electron chi connectivity index (χ4n) is 2.18. The Hall–Kier alpha value is -1.02. The van der Waals surface area contributed by atoms with Crippen molar-refractivity contribution >= 4 is 0 Å². The Morgan fingerprint density at radius 2 is 1.67 bits per heavy atom. The van der Waals surface area contributed by atoms with Crippen LogP contribution in [0.1, 0.15) is 45.7 Å². The summed E-state index contributed by atoms with van der Waals surface area (Å²) in [6.45, 7) is 10.9. The van der Waals surface area contributed by atoms with Crippen molar-refractivity contribution in [1.82, 2.24) is 0 Å². The van der Waals surface area contributed by atoms with E-state index in [1.54, 1.807) is 7.11 Å². The van der Waals surface area contributed by atoms with Crippen molar-refractivity contribution in [1.29, 1.82) is 0 Å². The van der Waals surface area contributed by atoms with Crippen LogP contribution in [0.4, 0.5) is 0 Å². The molecule has 0 fully saturated rings. The Labute approximate surface area is 112 Å². The maximum Gasteiger partial charge on any atom is 0.122 e. The summed E-state index contributed by atoms with van der Waals surface area (Å²) in [4.78, 5) is 0. The van der Waals surface area contributed by atoms with Crippen molar-refractivity contribution in [3.05, 3.63) is 29.3 Å². The third-order valence-corrected chi connectivity index (χ3v) is 2.73. The van der Waals surface area contributed by atoms with E-state index in [-0.39, 0.29) is 5.54 Å². The molecule has 0 atom stereocenters. The summed E-state index contributed by atoms with van der Waals surface area (Å²) in [5, 5.41) is 0. The molecule has 102 valence electrons. The van der Waals surface area contributed by atoms with Crippen molar-refractivity contribution in [3.63, 3.8) is 0 Å². The maximum atomic E-state index is 6.11. The van der Waals surface area contributed by atoms with Crippen molar-refractivity contribution in [2.75, 3.05) is 7.11 Å². The van der Waals surface area contributed by atoms with Gasteiger partial charge < -0.3 is 10.5 Å². The predicted octanol–water partition coefficient (Wildman–Crippen LogP) is 3.56. The summed E-state index contributed by atoms with van der Waals surface area (Å²) >= 11 is 0. The summed E-state index contributed by atoms with van der Waals surface area (Å²) < 4.78 is 5.42. The minimum Gasteiger partial charge on any atom is -0.496 e. The van der Waals surface area contributed by atoms with Gasteiger partial charge in [0.15, 0.2) is 0 Å². The molecule has 0 radical (unpaired) electrons. The van der Waals surface area contributed by atoms with Gasteiger partial charge in [-0.05, 0) is 49.3 Å². The van der Waals surface area contributed by atoms with Crippen LogP contribution >= 0.6 is 0 Å². The second-order valence-electron chi connectivity index (χ2n) is 7.05. The Balaban J connectivity index is 3.02. The monoisotopic (exact) mass is 249 g/mol. The zero-order valence-corrected chi connectivity index (χ0v) is 12.6. The number of hydrogen-bond acceptors (Lipinski definition) is 2. The molecule has 2 nitrogen and oxygen atoms in total. The van der Waals surface area contributed by atoms with Gasteiger partial charge in [0.2, 0.25) is 0 Å². The molecule has 2 N–H and O–H groups in total. The molecule has 2 heteroatoms. The molecule has 0 aromatic heterocycles. The zero-order valence-electron chi connectivity index (χ0n) is 12.6. The van der Waals surface area contributed by atoms with E-state index in [9.17, 15) is 0 Å². The first-order valence-corrected chi connectivity index (χ1v) is 6.55. The van der Waals surface area contributed by atoms with Gasteiger partial charge in [-0.25, -0.2) is 0 Å². The van der Waals surface area contributed by atoms with Crippen LogP contribution in [-0.4, -0.2) is 12.6 Å². The van der Waals surface area contributed by atoms with Crippen LogP contribution in [0, 0.1) is 5.41 Å². The van der Waals surface area contributed by atoms with E-state index in [1.807, 2.05) is 13.8 Å². The van der Waals surface area contributed by atoms with E-state index >= 15 is 0 Å². The average molecular weight is 249 g/mol. The number of benzene rings is 1. The molecule has 0 spiro atoms. The van der Waals surface area contributed by atoms with Crippen molar-refractivity contribution in [2.45, 2.75) is 53.0 Å². The van der Waals surface area contributed by atoms with E-state index < -0.39 is 0 Å². The number of methoxy groups -OCH3 is 1. The van der Waals surface area contributed by atoms with Gasteiger partial charge in [0.1, 0.15) is 5.75 Å². The van der Waals surface area contributed by atoms with Crippen molar-refractivity contribution in [2.24, 2.45) is 11.1 Å². The van der Waals surface area contributed by atoms with Crippen LogP contribution in [0.25, 0.3) is 0 Å². The Morgan fingerprint density at radius 3 is 2.11 bits per heavy atom. The van der Waals surface area contributed by atoms with Crippen LogP contribution in [0.3, 0.4) is 0 Å². The molecule has 1 rings (SSSR count). The normalized spacial score (nSPS) is 12.6. The first kappa shape index (κ1) is 15.0. The summed E-state index contributed by atoms with van der Waals surface area (Å²) in [7, 11) is 1.71. The summed E-state index contributed by atoms with van der Waals surface area (Å²) in [6, 6.07) is 6.44. The highest BCUT2D eigenvalue weighted by atomic mass is 16.5. The van der Waals surface area contributed by atoms with Gasteiger partial charge in [-0.3, -0.25) is 0 Å². The Kier molecular flexibility index (Phi) is 4.44. The van der Waals surface area contributed by atoms with Crippen molar-refractivity contribution in [3.8, 4) is 5.75 Å². The molecule has 0 amide bonds. The Bertz CT molecular complexity index is 397. The maximum absolute atomic E-state index is 6.11. The number of nitrogens with two attached hydrogens (primary N) is 1. The highest BCUT2D eigenvalue weighted by molar-refractivity contribution is 5.38. The lowest BCUT2D eigenvalue weighted by Crippen LogP contribution is -2.34. The first-order valence-electron chi connectivity index (χ1n) is 6.55. The molecule has 0 heterocycles. The van der Waals surface area contributed by atoms with Gasteiger partial charge in [0, 0.05) is 5.54 Å². The summed E-state index contributed by atoms with van der Waals surface area (Å²) in [5.74, 6) is 0.936. The fourth-order valence-corrected chi connectivity index (χ4v) is 2.18. The van der Waals surface area contributed by atoms with E-state index in [4.69, 9.17) is 10.5 Å². The quantitative estimate of drug-likeness (QED) is 0.885. The van der Waals surface area contributed by atoms with Crippen LogP contribution in [0.2, 0.25) is 0 Å². The highest BCUT2D eigenvalue weighted by Crippen LogP contribution is 2.27.